The molecule has 0 atom stereocenters. The van der Waals surface area contributed by atoms with E-state index in [1.54, 1.807) is 12.1 Å². The van der Waals surface area contributed by atoms with Gasteiger partial charge in [0.05, 0.1) is 16.2 Å². The van der Waals surface area contributed by atoms with Crippen LogP contribution in [-0.2, 0) is 34.3 Å². The Morgan fingerprint density at radius 3 is 2.60 bits per heavy atom. The lowest BCUT2D eigenvalue weighted by atomic mass is 10.0. The summed E-state index contributed by atoms with van der Waals surface area (Å²) in [5.74, 6) is -0.600. The second kappa shape index (κ2) is 9.99. The van der Waals surface area contributed by atoms with Gasteiger partial charge in [0.15, 0.2) is 5.13 Å². The molecule has 0 amide bonds. The van der Waals surface area contributed by atoms with E-state index in [-0.39, 0.29) is 17.1 Å². The van der Waals surface area contributed by atoms with Crippen molar-refractivity contribution in [3.05, 3.63) is 107 Å². The standard InChI is InChI=1S/C26H23N3O4S2/c30-25(33-17-23-18-34-26(28-23)27-22-10-2-1-3-11-22)20-9-6-12-24(15-20)35(31,32)29-14-13-19-7-4-5-8-21(19)16-29/h1-12,15,18H,13-14,16-17H2,(H,27,28). The van der Waals surface area contributed by atoms with Gasteiger partial charge in [-0.25, -0.2) is 18.2 Å². The van der Waals surface area contributed by atoms with Crippen LogP contribution >= 0.6 is 11.3 Å². The number of benzene rings is 3. The summed E-state index contributed by atoms with van der Waals surface area (Å²) in [6, 6.07) is 23.5. The van der Waals surface area contributed by atoms with Crippen molar-refractivity contribution in [2.75, 3.05) is 11.9 Å². The molecule has 9 heteroatoms. The molecule has 0 radical (unpaired) electrons. The molecule has 2 heterocycles. The summed E-state index contributed by atoms with van der Waals surface area (Å²) >= 11 is 1.41. The summed E-state index contributed by atoms with van der Waals surface area (Å²) in [6.07, 6.45) is 0.659. The average molecular weight is 506 g/mol. The molecule has 1 aliphatic heterocycles. The smallest absolute Gasteiger partial charge is 0.338 e. The van der Waals surface area contributed by atoms with E-state index in [0.29, 0.717) is 30.3 Å². The summed E-state index contributed by atoms with van der Waals surface area (Å²) in [7, 11) is -3.75. The first kappa shape index (κ1) is 23.2. The zero-order valence-electron chi connectivity index (χ0n) is 18.8. The SMILES string of the molecule is O=C(OCc1csc(Nc2ccccc2)n1)c1cccc(S(=O)(=O)N2CCc3ccccc3C2)c1. The molecule has 1 aromatic heterocycles. The van der Waals surface area contributed by atoms with Crippen molar-refractivity contribution in [2.45, 2.75) is 24.5 Å². The van der Waals surface area contributed by atoms with E-state index in [1.165, 1.54) is 33.3 Å². The largest absolute Gasteiger partial charge is 0.456 e. The Morgan fingerprint density at radius 2 is 1.77 bits per heavy atom. The number of fused-ring (bicyclic) bond motifs is 1. The normalized spacial score (nSPS) is 13.7. The number of carbonyl (C=O) groups excluding carboxylic acids is 1. The van der Waals surface area contributed by atoms with Gasteiger partial charge in [0, 0.05) is 24.2 Å². The zero-order chi connectivity index (χ0) is 24.3. The van der Waals surface area contributed by atoms with Gasteiger partial charge < -0.3 is 10.1 Å². The van der Waals surface area contributed by atoms with Crippen LogP contribution in [0.5, 0.6) is 0 Å². The number of nitrogens with one attached hydrogen (secondary N) is 1. The van der Waals surface area contributed by atoms with E-state index < -0.39 is 16.0 Å². The van der Waals surface area contributed by atoms with Gasteiger partial charge in [-0.15, -0.1) is 11.3 Å². The van der Waals surface area contributed by atoms with Crippen molar-refractivity contribution in [2.24, 2.45) is 0 Å². The lowest BCUT2D eigenvalue weighted by Gasteiger charge is -2.28. The number of sulfonamides is 1. The number of para-hydroxylation sites is 1. The van der Waals surface area contributed by atoms with Gasteiger partial charge >= 0.3 is 5.97 Å². The molecular weight excluding hydrogens is 482 g/mol. The highest BCUT2D eigenvalue weighted by Gasteiger charge is 2.28. The number of thiazole rings is 1. The van der Waals surface area contributed by atoms with Crippen molar-refractivity contribution in [3.8, 4) is 0 Å². The number of ether oxygens (including phenoxy) is 1. The van der Waals surface area contributed by atoms with Crippen molar-refractivity contribution in [3.63, 3.8) is 0 Å². The van der Waals surface area contributed by atoms with E-state index >= 15 is 0 Å². The Hall–Kier alpha value is -3.53. The first-order valence-corrected chi connectivity index (χ1v) is 13.4. The molecule has 7 nitrogen and oxygen atoms in total. The summed E-state index contributed by atoms with van der Waals surface area (Å²) in [4.78, 5) is 17.2. The second-order valence-corrected chi connectivity index (χ2v) is 10.9. The van der Waals surface area contributed by atoms with Gasteiger partial charge in [-0.1, -0.05) is 48.5 Å². The third-order valence-corrected chi connectivity index (χ3v) is 8.38. The number of hydrogen-bond acceptors (Lipinski definition) is 7. The summed E-state index contributed by atoms with van der Waals surface area (Å²) < 4.78 is 33.4. The zero-order valence-corrected chi connectivity index (χ0v) is 20.4. The molecule has 0 saturated carbocycles. The van der Waals surface area contributed by atoms with Crippen LogP contribution in [0.2, 0.25) is 0 Å². The Labute approximate surface area is 208 Å². The monoisotopic (exact) mass is 505 g/mol. The molecule has 0 unspecified atom stereocenters. The van der Waals surface area contributed by atoms with Crippen LogP contribution in [0.1, 0.15) is 27.2 Å². The van der Waals surface area contributed by atoms with Gasteiger partial charge in [-0.2, -0.15) is 4.31 Å². The topological polar surface area (TPSA) is 88.6 Å². The van der Waals surface area contributed by atoms with E-state index in [9.17, 15) is 13.2 Å². The molecule has 0 saturated heterocycles. The van der Waals surface area contributed by atoms with Gasteiger partial charge in [-0.05, 0) is 47.9 Å². The minimum absolute atomic E-state index is 0.00824. The molecule has 178 valence electrons. The van der Waals surface area contributed by atoms with Crippen LogP contribution in [0.15, 0.2) is 89.1 Å². The van der Waals surface area contributed by atoms with Crippen LogP contribution in [-0.4, -0.2) is 30.2 Å². The number of nitrogens with zero attached hydrogens (tertiary/aromatic N) is 2. The van der Waals surface area contributed by atoms with Gasteiger partial charge in [0.1, 0.15) is 6.61 Å². The predicted molar refractivity (Wildman–Crippen MR) is 135 cm³/mol. The van der Waals surface area contributed by atoms with Gasteiger partial charge in [-0.3, -0.25) is 0 Å². The van der Waals surface area contributed by atoms with Crippen LogP contribution < -0.4 is 5.32 Å². The number of carbonyl (C=O) groups is 1. The fourth-order valence-electron chi connectivity index (χ4n) is 3.91. The second-order valence-electron chi connectivity index (χ2n) is 8.10. The Morgan fingerprint density at radius 1 is 1.00 bits per heavy atom. The minimum Gasteiger partial charge on any atom is -0.456 e. The number of rotatable bonds is 7. The lowest BCUT2D eigenvalue weighted by Crippen LogP contribution is -2.36. The lowest BCUT2D eigenvalue weighted by molar-refractivity contribution is 0.0468. The van der Waals surface area contributed by atoms with E-state index in [4.69, 9.17) is 4.74 Å². The molecule has 4 aromatic rings. The number of aromatic nitrogens is 1. The number of esters is 1. The molecule has 35 heavy (non-hydrogen) atoms. The third kappa shape index (κ3) is 5.27. The summed E-state index contributed by atoms with van der Waals surface area (Å²) in [5.41, 5.74) is 3.88. The number of hydrogen-bond donors (Lipinski definition) is 1. The summed E-state index contributed by atoms with van der Waals surface area (Å²) in [5, 5.41) is 5.71. The molecule has 0 bridgehead atoms. The van der Waals surface area contributed by atoms with Crippen molar-refractivity contribution in [1.82, 2.24) is 9.29 Å². The minimum atomic E-state index is -3.75. The quantitative estimate of drug-likeness (QED) is 0.356. The van der Waals surface area contributed by atoms with Crippen LogP contribution in [0, 0.1) is 0 Å². The summed E-state index contributed by atoms with van der Waals surface area (Å²) in [6.45, 7) is 0.708. The molecule has 0 aliphatic carbocycles. The number of anilines is 2. The van der Waals surface area contributed by atoms with Crippen LogP contribution in [0.25, 0.3) is 0 Å². The molecule has 1 N–H and O–H groups in total. The van der Waals surface area contributed by atoms with Gasteiger partial charge in [0.25, 0.3) is 0 Å². The fraction of sp³-hybridized carbons (Fsp3) is 0.154. The highest BCUT2D eigenvalue weighted by molar-refractivity contribution is 7.89. The first-order chi connectivity index (χ1) is 17.0. The van der Waals surface area contributed by atoms with Crippen LogP contribution in [0.3, 0.4) is 0 Å². The Bertz CT molecular complexity index is 1450. The molecule has 0 fully saturated rings. The third-order valence-electron chi connectivity index (χ3n) is 5.73. The van der Waals surface area contributed by atoms with E-state index in [1.807, 2.05) is 60.0 Å². The molecule has 5 rings (SSSR count). The van der Waals surface area contributed by atoms with Crippen molar-refractivity contribution >= 4 is 38.1 Å². The van der Waals surface area contributed by atoms with Crippen molar-refractivity contribution < 1.29 is 17.9 Å². The van der Waals surface area contributed by atoms with Gasteiger partial charge in [0.2, 0.25) is 10.0 Å². The van der Waals surface area contributed by atoms with Crippen molar-refractivity contribution in [1.29, 1.82) is 0 Å². The molecule has 3 aromatic carbocycles. The Balaban J connectivity index is 1.24. The Kier molecular flexibility index (Phi) is 6.63. The highest BCUT2D eigenvalue weighted by Crippen LogP contribution is 2.26. The van der Waals surface area contributed by atoms with E-state index in [0.717, 1.165) is 11.3 Å². The van der Waals surface area contributed by atoms with E-state index in [2.05, 4.69) is 10.3 Å². The van der Waals surface area contributed by atoms with Crippen LogP contribution in [0.4, 0.5) is 10.8 Å². The first-order valence-electron chi connectivity index (χ1n) is 11.1. The maximum Gasteiger partial charge on any atom is 0.338 e. The maximum atomic E-state index is 13.3. The molecular formula is C26H23N3O4S2. The molecule has 0 spiro atoms. The highest BCUT2D eigenvalue weighted by atomic mass is 32.2. The fourth-order valence-corrected chi connectivity index (χ4v) is 6.09. The maximum absolute atomic E-state index is 13.3. The molecule has 1 aliphatic rings. The predicted octanol–water partition coefficient (Wildman–Crippen LogP) is 4.99. The average Bonchev–Trinajstić information content (AvgIpc) is 3.34.